The van der Waals surface area contributed by atoms with Crippen molar-refractivity contribution in [2.24, 2.45) is 0 Å². The van der Waals surface area contributed by atoms with E-state index >= 15 is 0 Å². The molecule has 0 radical (unpaired) electrons. The summed E-state index contributed by atoms with van der Waals surface area (Å²) in [6.45, 7) is 9.66. The van der Waals surface area contributed by atoms with Gasteiger partial charge in [0.05, 0.1) is 15.9 Å². The average molecular weight is 367 g/mol. The van der Waals surface area contributed by atoms with E-state index in [1.165, 1.54) is 20.6 Å². The smallest absolute Gasteiger partial charge is 0.0767 e. The fraction of sp³-hybridized carbons (Fsp3) is 0.471. The molecule has 0 aliphatic carbocycles. The van der Waals surface area contributed by atoms with Crippen LogP contribution in [0.2, 0.25) is 0 Å². The Labute approximate surface area is 140 Å². The third-order valence-electron chi connectivity index (χ3n) is 3.62. The molecule has 1 aromatic carbocycles. The minimum atomic E-state index is 0.590. The second-order valence-electron chi connectivity index (χ2n) is 5.39. The number of hydrogen-bond acceptors (Lipinski definition) is 2. The van der Waals surface area contributed by atoms with Crippen LogP contribution >= 0.6 is 27.7 Å². The number of aromatic nitrogens is 2. The van der Waals surface area contributed by atoms with E-state index in [1.54, 1.807) is 0 Å². The fourth-order valence-electron chi connectivity index (χ4n) is 2.26. The molecule has 2 aromatic rings. The van der Waals surface area contributed by atoms with E-state index in [2.05, 4.69) is 77.7 Å². The normalized spacial score (nSPS) is 11.3. The Kier molecular flexibility index (Phi) is 5.94. The quantitative estimate of drug-likeness (QED) is 0.615. The van der Waals surface area contributed by atoms with Crippen molar-refractivity contribution in [1.82, 2.24) is 9.78 Å². The molecule has 0 fully saturated rings. The first-order chi connectivity index (χ1) is 10.1. The van der Waals surface area contributed by atoms with Crippen LogP contribution in [0.3, 0.4) is 0 Å². The lowest BCUT2D eigenvalue weighted by Crippen LogP contribution is -2.01. The number of aryl methyl sites for hydroxylation is 2. The summed E-state index contributed by atoms with van der Waals surface area (Å²) in [7, 11) is 0. The molecule has 2 rings (SSSR count). The minimum absolute atomic E-state index is 0.590. The van der Waals surface area contributed by atoms with Crippen molar-refractivity contribution in [2.45, 2.75) is 57.2 Å². The van der Waals surface area contributed by atoms with Gasteiger partial charge in [-0.05, 0) is 52.9 Å². The first kappa shape index (κ1) is 16.6. The fourth-order valence-corrected chi connectivity index (χ4v) is 4.07. The summed E-state index contributed by atoms with van der Waals surface area (Å²) >= 11 is 5.58. The molecule has 0 saturated carbocycles. The maximum absolute atomic E-state index is 4.65. The molecule has 4 heteroatoms. The van der Waals surface area contributed by atoms with E-state index < -0.39 is 0 Å². The van der Waals surface area contributed by atoms with Crippen LogP contribution in [0, 0.1) is 0 Å². The molecule has 2 nitrogen and oxygen atoms in total. The van der Waals surface area contributed by atoms with Gasteiger partial charge in [0, 0.05) is 17.2 Å². The SMILES string of the molecule is CCc1nn(CC)c(CSc2ccc(C(C)C)cc2)c1Br. The van der Waals surface area contributed by atoms with Crippen LogP contribution in [-0.2, 0) is 18.7 Å². The van der Waals surface area contributed by atoms with E-state index in [1.807, 2.05) is 11.8 Å². The number of hydrogen-bond donors (Lipinski definition) is 0. The minimum Gasteiger partial charge on any atom is -0.268 e. The Balaban J connectivity index is 2.10. The Morgan fingerprint density at radius 1 is 1.19 bits per heavy atom. The molecule has 0 spiro atoms. The summed E-state index contributed by atoms with van der Waals surface area (Å²) in [5.74, 6) is 1.54. The summed E-state index contributed by atoms with van der Waals surface area (Å²) in [5, 5.41) is 4.65. The molecule has 0 aliphatic heterocycles. The average Bonchev–Trinajstić information content (AvgIpc) is 2.81. The third kappa shape index (κ3) is 3.92. The predicted octanol–water partition coefficient (Wildman–Crippen LogP) is 5.64. The molecule has 0 atom stereocenters. The van der Waals surface area contributed by atoms with E-state index in [-0.39, 0.29) is 0 Å². The van der Waals surface area contributed by atoms with Gasteiger partial charge in [-0.25, -0.2) is 0 Å². The number of thioether (sulfide) groups is 1. The summed E-state index contributed by atoms with van der Waals surface area (Å²) in [6, 6.07) is 8.91. The molecule has 0 saturated heterocycles. The van der Waals surface area contributed by atoms with Crippen molar-refractivity contribution >= 4 is 27.7 Å². The zero-order valence-corrected chi connectivity index (χ0v) is 15.6. The third-order valence-corrected chi connectivity index (χ3v) is 5.56. The van der Waals surface area contributed by atoms with Gasteiger partial charge in [0.25, 0.3) is 0 Å². The van der Waals surface area contributed by atoms with Gasteiger partial charge in [0.2, 0.25) is 0 Å². The van der Waals surface area contributed by atoms with Crippen molar-refractivity contribution in [3.8, 4) is 0 Å². The van der Waals surface area contributed by atoms with Crippen molar-refractivity contribution in [2.75, 3.05) is 0 Å². The molecule has 1 heterocycles. The molecule has 0 N–H and O–H groups in total. The molecule has 0 bridgehead atoms. The highest BCUT2D eigenvalue weighted by Gasteiger charge is 2.13. The number of rotatable bonds is 6. The van der Waals surface area contributed by atoms with E-state index in [0.29, 0.717) is 5.92 Å². The van der Waals surface area contributed by atoms with Crippen molar-refractivity contribution in [3.63, 3.8) is 0 Å². The van der Waals surface area contributed by atoms with Gasteiger partial charge in [0.15, 0.2) is 0 Å². The van der Waals surface area contributed by atoms with E-state index in [4.69, 9.17) is 0 Å². The van der Waals surface area contributed by atoms with Gasteiger partial charge < -0.3 is 0 Å². The standard InChI is InChI=1S/C17H23BrN2S/c1-5-15-17(18)16(20(6-2)19-15)11-21-14-9-7-13(8-10-14)12(3)4/h7-10,12H,5-6,11H2,1-4H3. The zero-order valence-electron chi connectivity index (χ0n) is 13.2. The Morgan fingerprint density at radius 3 is 2.38 bits per heavy atom. The highest BCUT2D eigenvalue weighted by Crippen LogP contribution is 2.30. The number of nitrogens with zero attached hydrogens (tertiary/aromatic N) is 2. The van der Waals surface area contributed by atoms with Crippen LogP contribution < -0.4 is 0 Å². The topological polar surface area (TPSA) is 17.8 Å². The molecular formula is C17H23BrN2S. The summed E-state index contributed by atoms with van der Waals surface area (Å²) < 4.78 is 3.29. The van der Waals surface area contributed by atoms with Crippen LogP contribution in [0.5, 0.6) is 0 Å². The molecular weight excluding hydrogens is 344 g/mol. The highest BCUT2D eigenvalue weighted by atomic mass is 79.9. The zero-order chi connectivity index (χ0) is 15.4. The maximum Gasteiger partial charge on any atom is 0.0767 e. The first-order valence-corrected chi connectivity index (χ1v) is 9.31. The van der Waals surface area contributed by atoms with E-state index in [0.717, 1.165) is 24.4 Å². The predicted molar refractivity (Wildman–Crippen MR) is 95.1 cm³/mol. The lowest BCUT2D eigenvalue weighted by Gasteiger charge is -2.08. The van der Waals surface area contributed by atoms with Crippen LogP contribution in [0.4, 0.5) is 0 Å². The van der Waals surface area contributed by atoms with Gasteiger partial charge in [-0.3, -0.25) is 4.68 Å². The van der Waals surface area contributed by atoms with E-state index in [9.17, 15) is 0 Å². The van der Waals surface area contributed by atoms with Crippen LogP contribution in [0.25, 0.3) is 0 Å². The largest absolute Gasteiger partial charge is 0.268 e. The highest BCUT2D eigenvalue weighted by molar-refractivity contribution is 9.10. The summed E-state index contributed by atoms with van der Waals surface area (Å²) in [6.07, 6.45) is 0.967. The van der Waals surface area contributed by atoms with Gasteiger partial charge in [0.1, 0.15) is 0 Å². The molecule has 114 valence electrons. The summed E-state index contributed by atoms with van der Waals surface area (Å²) in [4.78, 5) is 1.31. The Hall–Kier alpha value is -0.740. The first-order valence-electron chi connectivity index (χ1n) is 7.53. The maximum atomic E-state index is 4.65. The Morgan fingerprint density at radius 2 is 1.86 bits per heavy atom. The van der Waals surface area contributed by atoms with Crippen molar-refractivity contribution in [1.29, 1.82) is 0 Å². The Bertz CT molecular complexity index is 588. The van der Waals surface area contributed by atoms with Gasteiger partial charge >= 0.3 is 0 Å². The monoisotopic (exact) mass is 366 g/mol. The number of halogens is 1. The molecule has 0 unspecified atom stereocenters. The lowest BCUT2D eigenvalue weighted by atomic mass is 10.0. The van der Waals surface area contributed by atoms with Gasteiger partial charge in [-0.15, -0.1) is 11.8 Å². The molecule has 21 heavy (non-hydrogen) atoms. The van der Waals surface area contributed by atoms with Crippen molar-refractivity contribution in [3.05, 3.63) is 45.7 Å². The van der Waals surface area contributed by atoms with Gasteiger partial charge in [-0.2, -0.15) is 5.10 Å². The number of benzene rings is 1. The lowest BCUT2D eigenvalue weighted by molar-refractivity contribution is 0.627. The van der Waals surface area contributed by atoms with Gasteiger partial charge in [-0.1, -0.05) is 32.9 Å². The van der Waals surface area contributed by atoms with Crippen LogP contribution in [-0.4, -0.2) is 9.78 Å². The second kappa shape index (κ2) is 7.50. The van der Waals surface area contributed by atoms with Crippen LogP contribution in [0.15, 0.2) is 33.6 Å². The van der Waals surface area contributed by atoms with Crippen molar-refractivity contribution < 1.29 is 0 Å². The second-order valence-corrected chi connectivity index (χ2v) is 7.23. The molecule has 1 aromatic heterocycles. The summed E-state index contributed by atoms with van der Waals surface area (Å²) in [5.41, 5.74) is 3.84. The molecule has 0 amide bonds. The van der Waals surface area contributed by atoms with Crippen LogP contribution in [0.1, 0.15) is 50.6 Å². The molecule has 0 aliphatic rings.